The molecule has 1 N–H and O–H groups in total. The molecule has 1 aliphatic heterocycles. The number of imidazole rings is 1. The van der Waals surface area contributed by atoms with Crippen LogP contribution in [0.4, 0.5) is 4.79 Å². The predicted molar refractivity (Wildman–Crippen MR) is 107 cm³/mol. The van der Waals surface area contributed by atoms with E-state index < -0.39 is 0 Å². The molecule has 0 bridgehead atoms. The first-order valence-electron chi connectivity index (χ1n) is 10.2. The molecule has 1 amide bonds. The Morgan fingerprint density at radius 2 is 2.00 bits per heavy atom. The summed E-state index contributed by atoms with van der Waals surface area (Å²) in [6, 6.07) is 7.59. The summed E-state index contributed by atoms with van der Waals surface area (Å²) in [6.45, 7) is 1.01. The standard InChI is InChI=1S/C21H23N5O3/c27-20-24-19-16(7-4-11-23-19)26(20)15-9-12-25(13-15)21(28)29-17-8-2-1-5-14-6-3-10-22-18(14)17/h3-4,6-7,10-11,15,17H,1-2,5,8-9,12-13H2,(H,23,24,27). The zero-order valence-electron chi connectivity index (χ0n) is 16.1. The van der Waals surface area contributed by atoms with Gasteiger partial charge in [0.15, 0.2) is 5.65 Å². The summed E-state index contributed by atoms with van der Waals surface area (Å²) >= 11 is 0. The molecule has 150 valence electrons. The molecule has 4 heterocycles. The summed E-state index contributed by atoms with van der Waals surface area (Å²) in [5, 5.41) is 0. The van der Waals surface area contributed by atoms with Gasteiger partial charge in [-0.25, -0.2) is 14.6 Å². The summed E-state index contributed by atoms with van der Waals surface area (Å²) in [7, 11) is 0. The average molecular weight is 393 g/mol. The van der Waals surface area contributed by atoms with Gasteiger partial charge < -0.3 is 9.64 Å². The van der Waals surface area contributed by atoms with Gasteiger partial charge in [-0.3, -0.25) is 14.5 Å². The molecule has 2 unspecified atom stereocenters. The molecule has 3 aromatic heterocycles. The Hall–Kier alpha value is -3.16. The van der Waals surface area contributed by atoms with E-state index in [9.17, 15) is 9.59 Å². The number of carbonyl (C=O) groups is 1. The van der Waals surface area contributed by atoms with Crippen LogP contribution in [0.25, 0.3) is 11.2 Å². The van der Waals surface area contributed by atoms with Crippen LogP contribution in [0.3, 0.4) is 0 Å². The van der Waals surface area contributed by atoms with Gasteiger partial charge in [0.1, 0.15) is 6.10 Å². The van der Waals surface area contributed by atoms with E-state index in [0.717, 1.165) is 36.9 Å². The van der Waals surface area contributed by atoms with E-state index in [2.05, 4.69) is 21.0 Å². The van der Waals surface area contributed by atoms with Crippen molar-refractivity contribution in [1.82, 2.24) is 24.4 Å². The Kier molecular flexibility index (Phi) is 4.54. The van der Waals surface area contributed by atoms with Gasteiger partial charge in [0, 0.05) is 25.5 Å². The van der Waals surface area contributed by atoms with Crippen molar-refractivity contribution in [2.24, 2.45) is 0 Å². The number of nitrogens with one attached hydrogen (secondary N) is 1. The number of pyridine rings is 2. The first kappa shape index (κ1) is 17.9. The van der Waals surface area contributed by atoms with E-state index in [0.29, 0.717) is 25.2 Å². The van der Waals surface area contributed by atoms with Crippen LogP contribution in [0.5, 0.6) is 0 Å². The van der Waals surface area contributed by atoms with E-state index in [1.165, 1.54) is 5.56 Å². The number of hydrogen-bond donors (Lipinski definition) is 1. The van der Waals surface area contributed by atoms with Crippen molar-refractivity contribution in [2.45, 2.75) is 44.2 Å². The fraction of sp³-hybridized carbons (Fsp3) is 0.429. The maximum atomic E-state index is 12.9. The Morgan fingerprint density at radius 3 is 2.93 bits per heavy atom. The minimum atomic E-state index is -0.331. The predicted octanol–water partition coefficient (Wildman–Crippen LogP) is 2.97. The molecule has 2 aliphatic rings. The lowest BCUT2D eigenvalue weighted by molar-refractivity contribution is 0.0612. The van der Waals surface area contributed by atoms with Crippen molar-refractivity contribution >= 4 is 17.3 Å². The normalized spacial score (nSPS) is 21.7. The van der Waals surface area contributed by atoms with Crippen LogP contribution in [0.2, 0.25) is 0 Å². The SMILES string of the molecule is O=C(OC1CCCCc2cccnc21)N1CCC(n2c(=O)[nH]c3ncccc32)C1. The largest absolute Gasteiger partial charge is 0.440 e. The Bertz CT molecular complexity index is 1100. The fourth-order valence-corrected chi connectivity index (χ4v) is 4.48. The monoisotopic (exact) mass is 393 g/mol. The number of fused-ring (bicyclic) bond motifs is 2. The maximum absolute atomic E-state index is 12.9. The van der Waals surface area contributed by atoms with Gasteiger partial charge in [0.05, 0.1) is 17.3 Å². The van der Waals surface area contributed by atoms with Crippen LogP contribution < -0.4 is 5.69 Å². The molecular formula is C21H23N5O3. The third-order valence-electron chi connectivity index (χ3n) is 5.91. The second kappa shape index (κ2) is 7.35. The number of carbonyl (C=O) groups excluding carboxylic acids is 1. The zero-order chi connectivity index (χ0) is 19.8. The van der Waals surface area contributed by atoms with Crippen LogP contribution >= 0.6 is 0 Å². The summed E-state index contributed by atoms with van der Waals surface area (Å²) in [5.41, 5.74) is 3.19. The first-order valence-corrected chi connectivity index (χ1v) is 10.2. The van der Waals surface area contributed by atoms with Crippen LogP contribution in [0, 0.1) is 0 Å². The quantitative estimate of drug-likeness (QED) is 0.676. The minimum Gasteiger partial charge on any atom is -0.440 e. The number of nitrogens with zero attached hydrogens (tertiary/aromatic N) is 4. The van der Waals surface area contributed by atoms with Gasteiger partial charge in [-0.2, -0.15) is 0 Å². The van der Waals surface area contributed by atoms with Crippen LogP contribution in [0.15, 0.2) is 41.5 Å². The van der Waals surface area contributed by atoms with E-state index in [1.807, 2.05) is 18.2 Å². The minimum absolute atomic E-state index is 0.0902. The van der Waals surface area contributed by atoms with Crippen molar-refractivity contribution < 1.29 is 9.53 Å². The summed E-state index contributed by atoms with van der Waals surface area (Å²) in [5.74, 6) is 0. The summed E-state index contributed by atoms with van der Waals surface area (Å²) < 4.78 is 7.59. The van der Waals surface area contributed by atoms with Gasteiger partial charge in [0.25, 0.3) is 0 Å². The summed E-state index contributed by atoms with van der Waals surface area (Å²) in [4.78, 5) is 38.5. The molecule has 2 atom stereocenters. The highest BCUT2D eigenvalue weighted by Gasteiger charge is 2.33. The lowest BCUT2D eigenvalue weighted by Gasteiger charge is -2.22. The van der Waals surface area contributed by atoms with E-state index in [4.69, 9.17) is 4.74 Å². The van der Waals surface area contributed by atoms with Crippen molar-refractivity contribution in [3.63, 3.8) is 0 Å². The number of rotatable bonds is 2. The Labute approximate surface area is 167 Å². The van der Waals surface area contributed by atoms with Gasteiger partial charge in [0.2, 0.25) is 0 Å². The van der Waals surface area contributed by atoms with Crippen molar-refractivity contribution in [2.75, 3.05) is 13.1 Å². The molecule has 0 spiro atoms. The zero-order valence-corrected chi connectivity index (χ0v) is 16.1. The second-order valence-electron chi connectivity index (χ2n) is 7.73. The second-order valence-corrected chi connectivity index (χ2v) is 7.73. The van der Waals surface area contributed by atoms with Gasteiger partial charge in [-0.05, 0) is 55.9 Å². The van der Waals surface area contributed by atoms with Crippen LogP contribution in [-0.2, 0) is 11.2 Å². The Morgan fingerprint density at radius 1 is 1.14 bits per heavy atom. The van der Waals surface area contributed by atoms with Crippen molar-refractivity contribution in [3.8, 4) is 0 Å². The number of hydrogen-bond acceptors (Lipinski definition) is 5. The highest BCUT2D eigenvalue weighted by molar-refractivity contribution is 5.71. The molecule has 8 nitrogen and oxygen atoms in total. The summed E-state index contributed by atoms with van der Waals surface area (Å²) in [6.07, 6.45) is 7.33. The van der Waals surface area contributed by atoms with Gasteiger partial charge >= 0.3 is 11.8 Å². The molecular weight excluding hydrogens is 370 g/mol. The molecule has 8 heteroatoms. The van der Waals surface area contributed by atoms with E-state index in [-0.39, 0.29) is 23.9 Å². The Balaban J connectivity index is 1.32. The maximum Gasteiger partial charge on any atom is 0.410 e. The molecule has 0 radical (unpaired) electrons. The molecule has 1 saturated heterocycles. The molecule has 5 rings (SSSR count). The van der Waals surface area contributed by atoms with Crippen LogP contribution in [-0.4, -0.2) is 43.6 Å². The van der Waals surface area contributed by atoms with Gasteiger partial charge in [-0.1, -0.05) is 6.07 Å². The number of aromatic nitrogens is 4. The number of ether oxygens (including phenoxy) is 1. The van der Waals surface area contributed by atoms with Crippen molar-refractivity contribution in [3.05, 3.63) is 58.4 Å². The smallest absolute Gasteiger partial charge is 0.410 e. The third-order valence-corrected chi connectivity index (χ3v) is 5.91. The number of aromatic amines is 1. The van der Waals surface area contributed by atoms with Crippen molar-refractivity contribution in [1.29, 1.82) is 0 Å². The topological polar surface area (TPSA) is 93.1 Å². The van der Waals surface area contributed by atoms with E-state index in [1.54, 1.807) is 21.9 Å². The molecule has 1 fully saturated rings. The van der Waals surface area contributed by atoms with Crippen LogP contribution in [0.1, 0.15) is 49.1 Å². The molecule has 3 aromatic rings. The number of aryl methyl sites for hydroxylation is 1. The lowest BCUT2D eigenvalue weighted by atomic mass is 10.1. The third kappa shape index (κ3) is 3.28. The molecule has 0 saturated carbocycles. The fourth-order valence-electron chi connectivity index (χ4n) is 4.48. The molecule has 0 aromatic carbocycles. The highest BCUT2D eigenvalue weighted by atomic mass is 16.6. The van der Waals surface area contributed by atoms with E-state index >= 15 is 0 Å². The first-order chi connectivity index (χ1) is 14.2. The number of H-pyrrole nitrogens is 1. The van der Waals surface area contributed by atoms with Gasteiger partial charge in [-0.15, -0.1) is 0 Å². The number of likely N-dealkylation sites (tertiary alicyclic amines) is 1. The average Bonchev–Trinajstić information content (AvgIpc) is 3.28. The highest BCUT2D eigenvalue weighted by Crippen LogP contribution is 2.31. The lowest BCUT2D eigenvalue weighted by Crippen LogP contribution is -2.32. The number of amides is 1. The molecule has 1 aliphatic carbocycles. The molecule has 29 heavy (non-hydrogen) atoms.